The molecule has 5 nitrogen and oxygen atoms in total. The normalized spacial score (nSPS) is 17.0. The van der Waals surface area contributed by atoms with Gasteiger partial charge >= 0.3 is 0 Å². The fraction of sp³-hybridized carbons (Fsp3) is 0.458. The van der Waals surface area contributed by atoms with E-state index in [9.17, 15) is 4.79 Å². The van der Waals surface area contributed by atoms with Gasteiger partial charge in [-0.3, -0.25) is 9.69 Å². The van der Waals surface area contributed by atoms with Crippen LogP contribution in [-0.2, 0) is 11.3 Å². The molecule has 2 aromatic rings. The second-order valence-corrected chi connectivity index (χ2v) is 7.91. The molecule has 0 saturated carbocycles. The van der Waals surface area contributed by atoms with Crippen molar-refractivity contribution in [2.24, 2.45) is 5.92 Å². The number of para-hydroxylation sites is 2. The van der Waals surface area contributed by atoms with Gasteiger partial charge in [0, 0.05) is 19.6 Å². The summed E-state index contributed by atoms with van der Waals surface area (Å²) in [6.45, 7) is 8.12. The van der Waals surface area contributed by atoms with E-state index in [0.717, 1.165) is 26.1 Å². The van der Waals surface area contributed by atoms with Crippen LogP contribution in [-0.4, -0.2) is 44.2 Å². The van der Waals surface area contributed by atoms with Crippen molar-refractivity contribution in [3.05, 3.63) is 59.2 Å². The largest absolute Gasteiger partial charge is 0.493 e. The number of amides is 1. The van der Waals surface area contributed by atoms with E-state index < -0.39 is 0 Å². The first-order valence-electron chi connectivity index (χ1n) is 10.4. The second-order valence-electron chi connectivity index (χ2n) is 7.91. The minimum Gasteiger partial charge on any atom is -0.493 e. The highest BCUT2D eigenvalue weighted by molar-refractivity contribution is 5.77. The Morgan fingerprint density at radius 1 is 1.14 bits per heavy atom. The Balaban J connectivity index is 1.43. The van der Waals surface area contributed by atoms with Crippen molar-refractivity contribution >= 4 is 5.91 Å². The summed E-state index contributed by atoms with van der Waals surface area (Å²) >= 11 is 0. The van der Waals surface area contributed by atoms with E-state index >= 15 is 0 Å². The Morgan fingerprint density at radius 3 is 2.69 bits per heavy atom. The van der Waals surface area contributed by atoms with Gasteiger partial charge in [0.05, 0.1) is 7.11 Å². The first-order valence-corrected chi connectivity index (χ1v) is 10.4. The van der Waals surface area contributed by atoms with Crippen molar-refractivity contribution in [1.82, 2.24) is 10.2 Å². The average molecular weight is 397 g/mol. The van der Waals surface area contributed by atoms with Crippen LogP contribution in [0.25, 0.3) is 0 Å². The van der Waals surface area contributed by atoms with Crippen molar-refractivity contribution in [3.8, 4) is 11.5 Å². The van der Waals surface area contributed by atoms with Crippen LogP contribution in [0.1, 0.15) is 29.5 Å². The molecule has 0 unspecified atom stereocenters. The van der Waals surface area contributed by atoms with Gasteiger partial charge in [0.15, 0.2) is 18.1 Å². The summed E-state index contributed by atoms with van der Waals surface area (Å²) in [7, 11) is 1.59. The molecule has 0 bridgehead atoms. The second kappa shape index (κ2) is 10.3. The number of methoxy groups -OCH3 is 1. The number of nitrogens with zero attached hydrogens (tertiary/aromatic N) is 1. The van der Waals surface area contributed by atoms with Crippen molar-refractivity contribution < 1.29 is 14.3 Å². The molecule has 0 aromatic heterocycles. The van der Waals surface area contributed by atoms with Gasteiger partial charge in [-0.15, -0.1) is 0 Å². The predicted octanol–water partition coefficient (Wildman–Crippen LogP) is 3.72. The number of nitrogens with one attached hydrogen (secondary N) is 1. The Morgan fingerprint density at radius 2 is 1.93 bits per heavy atom. The maximum atomic E-state index is 12.2. The lowest BCUT2D eigenvalue weighted by Gasteiger charge is -2.33. The summed E-state index contributed by atoms with van der Waals surface area (Å²) in [5, 5.41) is 3.03. The molecule has 1 fully saturated rings. The van der Waals surface area contributed by atoms with Crippen LogP contribution in [0.15, 0.2) is 42.5 Å². The lowest BCUT2D eigenvalue weighted by atomic mass is 9.97. The van der Waals surface area contributed by atoms with Gasteiger partial charge in [0.1, 0.15) is 0 Å². The van der Waals surface area contributed by atoms with E-state index in [1.54, 1.807) is 13.2 Å². The molecule has 2 aromatic carbocycles. The van der Waals surface area contributed by atoms with Gasteiger partial charge < -0.3 is 14.8 Å². The van der Waals surface area contributed by atoms with Gasteiger partial charge in [-0.2, -0.15) is 0 Å². The number of carbonyl (C=O) groups is 1. The van der Waals surface area contributed by atoms with Crippen molar-refractivity contribution in [2.75, 3.05) is 33.4 Å². The van der Waals surface area contributed by atoms with Gasteiger partial charge in [-0.1, -0.05) is 30.3 Å². The molecule has 1 aliphatic rings. The van der Waals surface area contributed by atoms with E-state index in [4.69, 9.17) is 9.47 Å². The molecule has 156 valence electrons. The number of aryl methyl sites for hydroxylation is 2. The van der Waals surface area contributed by atoms with Crippen LogP contribution in [0.3, 0.4) is 0 Å². The van der Waals surface area contributed by atoms with Crippen molar-refractivity contribution in [2.45, 2.75) is 33.2 Å². The number of hydrogen-bond donors (Lipinski definition) is 1. The third-order valence-electron chi connectivity index (χ3n) is 5.60. The Kier molecular flexibility index (Phi) is 7.53. The van der Waals surface area contributed by atoms with Crippen molar-refractivity contribution in [3.63, 3.8) is 0 Å². The Labute approximate surface area is 174 Å². The predicted molar refractivity (Wildman–Crippen MR) is 115 cm³/mol. The molecule has 1 heterocycles. The zero-order valence-corrected chi connectivity index (χ0v) is 17.7. The van der Waals surface area contributed by atoms with Crippen LogP contribution < -0.4 is 14.8 Å². The summed E-state index contributed by atoms with van der Waals surface area (Å²) in [5.74, 6) is 1.60. The van der Waals surface area contributed by atoms with E-state index in [2.05, 4.69) is 42.3 Å². The summed E-state index contributed by atoms with van der Waals surface area (Å²) in [6, 6.07) is 14.1. The minimum absolute atomic E-state index is 0.000545. The summed E-state index contributed by atoms with van der Waals surface area (Å²) < 4.78 is 10.8. The van der Waals surface area contributed by atoms with Crippen molar-refractivity contribution in [1.29, 1.82) is 0 Å². The molecule has 1 amide bonds. The van der Waals surface area contributed by atoms with E-state index in [1.165, 1.54) is 23.1 Å². The molecule has 0 spiro atoms. The summed E-state index contributed by atoms with van der Waals surface area (Å²) in [4.78, 5) is 14.7. The zero-order valence-electron chi connectivity index (χ0n) is 17.7. The maximum Gasteiger partial charge on any atom is 0.257 e. The molecule has 1 aliphatic heterocycles. The van der Waals surface area contributed by atoms with Crippen LogP contribution in [0, 0.1) is 19.8 Å². The van der Waals surface area contributed by atoms with Gasteiger partial charge in [0.25, 0.3) is 5.91 Å². The zero-order chi connectivity index (χ0) is 20.6. The van der Waals surface area contributed by atoms with Crippen LogP contribution in [0.5, 0.6) is 11.5 Å². The number of benzene rings is 2. The number of likely N-dealkylation sites (tertiary alicyclic amines) is 1. The summed E-state index contributed by atoms with van der Waals surface area (Å²) in [5.41, 5.74) is 4.05. The molecule has 5 heteroatoms. The lowest BCUT2D eigenvalue weighted by molar-refractivity contribution is -0.123. The molecule has 1 atom stereocenters. The highest BCUT2D eigenvalue weighted by atomic mass is 16.5. The van der Waals surface area contributed by atoms with E-state index in [-0.39, 0.29) is 12.5 Å². The maximum absolute atomic E-state index is 12.2. The Bertz CT molecular complexity index is 822. The quantitative estimate of drug-likeness (QED) is 0.739. The molecule has 0 aliphatic carbocycles. The van der Waals surface area contributed by atoms with Gasteiger partial charge in [0.2, 0.25) is 0 Å². The topological polar surface area (TPSA) is 50.8 Å². The standard InChI is InChI=1S/C24H32N2O3/c1-18-10-11-20(13-19(18)2)15-26-12-6-7-21(16-26)14-25-24(27)17-29-23-9-5-4-8-22(23)28-3/h4-5,8-11,13,21H,6-7,12,14-17H2,1-3H3,(H,25,27)/t21-/m0/s1. The van der Waals surface area contributed by atoms with Crippen LogP contribution in [0.2, 0.25) is 0 Å². The Hall–Kier alpha value is -2.53. The fourth-order valence-corrected chi connectivity index (χ4v) is 3.81. The van der Waals surface area contributed by atoms with Crippen LogP contribution >= 0.6 is 0 Å². The molecular weight excluding hydrogens is 364 g/mol. The summed E-state index contributed by atoms with van der Waals surface area (Å²) in [6.07, 6.45) is 2.32. The molecular formula is C24H32N2O3. The molecule has 29 heavy (non-hydrogen) atoms. The third kappa shape index (κ3) is 6.23. The fourth-order valence-electron chi connectivity index (χ4n) is 3.81. The van der Waals surface area contributed by atoms with Gasteiger partial charge in [-0.25, -0.2) is 0 Å². The number of carbonyl (C=O) groups excluding carboxylic acids is 1. The molecule has 1 N–H and O–H groups in total. The smallest absolute Gasteiger partial charge is 0.257 e. The van der Waals surface area contributed by atoms with Gasteiger partial charge in [-0.05, 0) is 68.0 Å². The SMILES string of the molecule is COc1ccccc1OCC(=O)NC[C@@H]1CCCN(Cc2ccc(C)c(C)c2)C1. The highest BCUT2D eigenvalue weighted by Crippen LogP contribution is 2.25. The third-order valence-corrected chi connectivity index (χ3v) is 5.60. The lowest BCUT2D eigenvalue weighted by Crippen LogP contribution is -2.41. The first kappa shape index (κ1) is 21.2. The number of ether oxygens (including phenoxy) is 2. The minimum atomic E-state index is -0.0952. The molecule has 1 saturated heterocycles. The molecule has 0 radical (unpaired) electrons. The van der Waals surface area contributed by atoms with E-state index in [0.29, 0.717) is 24.0 Å². The monoisotopic (exact) mass is 396 g/mol. The number of piperidine rings is 1. The number of hydrogen-bond acceptors (Lipinski definition) is 4. The average Bonchev–Trinajstić information content (AvgIpc) is 2.74. The van der Waals surface area contributed by atoms with Crippen LogP contribution in [0.4, 0.5) is 0 Å². The van der Waals surface area contributed by atoms with E-state index in [1.807, 2.05) is 18.2 Å². The number of rotatable bonds is 8. The first-order chi connectivity index (χ1) is 14.0. The molecule has 3 rings (SSSR count). The highest BCUT2D eigenvalue weighted by Gasteiger charge is 2.20.